The van der Waals surface area contributed by atoms with Crippen LogP contribution in [-0.2, 0) is 0 Å². The van der Waals surface area contributed by atoms with Gasteiger partial charge in [0.05, 0.1) is 0 Å². The first kappa shape index (κ1) is 13.3. The number of fused-ring (bicyclic) bond motifs is 1. The van der Waals surface area contributed by atoms with E-state index in [1.54, 1.807) is 4.52 Å². The van der Waals surface area contributed by atoms with Crippen LogP contribution in [-0.4, -0.2) is 19.8 Å². The second-order valence-corrected chi connectivity index (χ2v) is 5.48. The highest BCUT2D eigenvalue weighted by Gasteiger charge is 2.16. The van der Waals surface area contributed by atoms with Crippen molar-refractivity contribution in [3.8, 4) is 11.4 Å². The highest BCUT2D eigenvalue weighted by Crippen LogP contribution is 2.28. The van der Waals surface area contributed by atoms with Crippen molar-refractivity contribution in [3.05, 3.63) is 45.1 Å². The molecule has 0 unspecified atom stereocenters. The van der Waals surface area contributed by atoms with Gasteiger partial charge >= 0.3 is 0 Å². The smallest absolute Gasteiger partial charge is 0.185 e. The molecule has 3 rings (SSSR count). The van der Waals surface area contributed by atoms with E-state index in [0.29, 0.717) is 21.6 Å². The molecule has 4 nitrogen and oxygen atoms in total. The second kappa shape index (κ2) is 4.72. The van der Waals surface area contributed by atoms with Crippen LogP contribution in [0.4, 0.5) is 0 Å². The Hall–Kier alpha value is -1.65. The number of benzene rings is 1. The van der Waals surface area contributed by atoms with Crippen molar-refractivity contribution in [1.82, 2.24) is 19.8 Å². The summed E-state index contributed by atoms with van der Waals surface area (Å²) in [6.45, 7) is 5.83. The number of aryl methyl sites for hydroxylation is 1. The molecule has 0 radical (unpaired) electrons. The summed E-state index contributed by atoms with van der Waals surface area (Å²) >= 11 is 12.3. The fourth-order valence-corrected chi connectivity index (χ4v) is 2.50. The Kier molecular flexibility index (Phi) is 3.15. The van der Waals surface area contributed by atoms with E-state index in [-0.39, 0.29) is 0 Å². The summed E-state index contributed by atoms with van der Waals surface area (Å²) in [7, 11) is 0. The van der Waals surface area contributed by atoms with E-state index in [1.807, 2.05) is 39.0 Å². The van der Waals surface area contributed by atoms with E-state index in [4.69, 9.17) is 23.2 Å². The Morgan fingerprint density at radius 1 is 0.950 bits per heavy atom. The van der Waals surface area contributed by atoms with Gasteiger partial charge in [-0.25, -0.2) is 0 Å². The van der Waals surface area contributed by atoms with Gasteiger partial charge in [0, 0.05) is 16.1 Å². The summed E-state index contributed by atoms with van der Waals surface area (Å²) in [5, 5.41) is 14.0. The summed E-state index contributed by atoms with van der Waals surface area (Å²) in [5.74, 6) is 0.644. The minimum absolute atomic E-state index is 0.454. The van der Waals surface area contributed by atoms with Crippen LogP contribution >= 0.6 is 23.2 Å². The molecule has 2 aromatic heterocycles. The van der Waals surface area contributed by atoms with E-state index in [2.05, 4.69) is 15.3 Å². The van der Waals surface area contributed by atoms with E-state index in [9.17, 15) is 0 Å². The lowest BCUT2D eigenvalue weighted by Crippen LogP contribution is -2.01. The summed E-state index contributed by atoms with van der Waals surface area (Å²) in [6.07, 6.45) is 0. The van der Waals surface area contributed by atoms with Gasteiger partial charge < -0.3 is 0 Å². The van der Waals surface area contributed by atoms with Gasteiger partial charge in [-0.05, 0) is 38.0 Å². The lowest BCUT2D eigenvalue weighted by Gasteiger charge is -2.07. The molecule has 6 heteroatoms. The molecular weight excluding hydrogens is 295 g/mol. The molecule has 0 aliphatic heterocycles. The van der Waals surface area contributed by atoms with Crippen LogP contribution in [0.1, 0.15) is 16.7 Å². The lowest BCUT2D eigenvalue weighted by atomic mass is 10.1. The SMILES string of the molecule is Cc1c(Cl)cccc1-c1nnc2c(C)c(C)c(Cl)nn12. The third kappa shape index (κ3) is 1.87. The van der Waals surface area contributed by atoms with Crippen LogP contribution in [0.3, 0.4) is 0 Å². The quantitative estimate of drug-likeness (QED) is 0.682. The largest absolute Gasteiger partial charge is 0.191 e. The molecule has 0 saturated carbocycles. The van der Waals surface area contributed by atoms with E-state index in [1.165, 1.54) is 0 Å². The van der Waals surface area contributed by atoms with Crippen LogP contribution in [0.2, 0.25) is 10.2 Å². The van der Waals surface area contributed by atoms with Gasteiger partial charge in [0.15, 0.2) is 16.6 Å². The number of rotatable bonds is 1. The first-order valence-corrected chi connectivity index (χ1v) is 6.90. The Morgan fingerprint density at radius 2 is 1.70 bits per heavy atom. The molecular formula is C14H12Cl2N4. The Bertz CT molecular complexity index is 824. The zero-order valence-corrected chi connectivity index (χ0v) is 12.8. The average Bonchev–Trinajstić information content (AvgIpc) is 2.83. The van der Waals surface area contributed by atoms with Gasteiger partial charge in [-0.2, -0.15) is 9.61 Å². The van der Waals surface area contributed by atoms with Crippen LogP contribution in [0, 0.1) is 20.8 Å². The first-order chi connectivity index (χ1) is 9.50. The van der Waals surface area contributed by atoms with Crippen LogP contribution in [0.25, 0.3) is 17.0 Å². The van der Waals surface area contributed by atoms with Crippen molar-refractivity contribution >= 4 is 28.8 Å². The molecule has 0 saturated heterocycles. The predicted octanol–water partition coefficient (Wildman–Crippen LogP) is 4.02. The minimum atomic E-state index is 0.454. The van der Waals surface area contributed by atoms with Crippen LogP contribution in [0.5, 0.6) is 0 Å². The highest BCUT2D eigenvalue weighted by molar-refractivity contribution is 6.31. The Balaban J connectivity index is 2.36. The third-order valence-corrected chi connectivity index (χ3v) is 4.31. The number of hydrogen-bond acceptors (Lipinski definition) is 3. The van der Waals surface area contributed by atoms with Crippen molar-refractivity contribution in [2.45, 2.75) is 20.8 Å². The first-order valence-electron chi connectivity index (χ1n) is 6.14. The molecule has 0 amide bonds. The van der Waals surface area contributed by atoms with Crippen molar-refractivity contribution < 1.29 is 0 Å². The van der Waals surface area contributed by atoms with Crippen molar-refractivity contribution in [3.63, 3.8) is 0 Å². The fourth-order valence-electron chi connectivity index (χ4n) is 2.11. The maximum Gasteiger partial charge on any atom is 0.185 e. The van der Waals surface area contributed by atoms with Crippen molar-refractivity contribution in [1.29, 1.82) is 0 Å². The molecule has 102 valence electrons. The van der Waals surface area contributed by atoms with Crippen molar-refractivity contribution in [2.75, 3.05) is 0 Å². The monoisotopic (exact) mass is 306 g/mol. The zero-order chi connectivity index (χ0) is 14.4. The van der Waals surface area contributed by atoms with Crippen LogP contribution in [0.15, 0.2) is 18.2 Å². The Labute approximate surface area is 126 Å². The molecule has 2 heterocycles. The molecule has 0 aliphatic rings. The molecule has 1 aromatic carbocycles. The zero-order valence-electron chi connectivity index (χ0n) is 11.3. The number of halogens is 2. The summed E-state index contributed by atoms with van der Waals surface area (Å²) in [6, 6.07) is 5.68. The van der Waals surface area contributed by atoms with E-state index < -0.39 is 0 Å². The second-order valence-electron chi connectivity index (χ2n) is 4.71. The molecule has 0 bridgehead atoms. The summed E-state index contributed by atoms with van der Waals surface area (Å²) in [4.78, 5) is 0. The highest BCUT2D eigenvalue weighted by atomic mass is 35.5. The molecule has 0 atom stereocenters. The van der Waals surface area contributed by atoms with Gasteiger partial charge in [0.2, 0.25) is 0 Å². The van der Waals surface area contributed by atoms with Crippen LogP contribution < -0.4 is 0 Å². The number of nitrogens with zero attached hydrogens (tertiary/aromatic N) is 4. The lowest BCUT2D eigenvalue weighted by molar-refractivity contribution is 0.918. The van der Waals surface area contributed by atoms with Gasteiger partial charge in [0.25, 0.3) is 0 Å². The van der Waals surface area contributed by atoms with E-state index in [0.717, 1.165) is 22.3 Å². The third-order valence-electron chi connectivity index (χ3n) is 3.54. The van der Waals surface area contributed by atoms with E-state index >= 15 is 0 Å². The number of hydrogen-bond donors (Lipinski definition) is 0. The van der Waals surface area contributed by atoms with Gasteiger partial charge in [-0.15, -0.1) is 10.2 Å². The normalized spacial score (nSPS) is 11.2. The minimum Gasteiger partial charge on any atom is -0.191 e. The predicted molar refractivity (Wildman–Crippen MR) is 80.4 cm³/mol. The maximum atomic E-state index is 6.17. The Morgan fingerprint density at radius 3 is 2.45 bits per heavy atom. The molecule has 0 spiro atoms. The molecule has 3 aromatic rings. The fraction of sp³-hybridized carbons (Fsp3) is 0.214. The van der Waals surface area contributed by atoms with Crippen molar-refractivity contribution in [2.24, 2.45) is 0 Å². The summed E-state index contributed by atoms with van der Waals surface area (Å²) in [5.41, 5.74) is 4.45. The van der Waals surface area contributed by atoms with Gasteiger partial charge in [0.1, 0.15) is 0 Å². The standard InChI is InChI=1S/C14H12Cl2N4/c1-7-8(2)13-17-18-14(20(13)19-12(7)16)10-5-4-6-11(15)9(10)3/h4-6H,1-3H3. The number of aromatic nitrogens is 4. The summed E-state index contributed by atoms with van der Waals surface area (Å²) < 4.78 is 1.67. The molecule has 0 N–H and O–H groups in total. The average molecular weight is 307 g/mol. The molecule has 0 aliphatic carbocycles. The molecule has 0 fully saturated rings. The maximum absolute atomic E-state index is 6.17. The van der Waals surface area contributed by atoms with Gasteiger partial charge in [-0.1, -0.05) is 35.3 Å². The van der Waals surface area contributed by atoms with Gasteiger partial charge in [-0.3, -0.25) is 0 Å². The topological polar surface area (TPSA) is 43.1 Å². The molecule has 20 heavy (non-hydrogen) atoms.